The standard InChI is InChI=1S/C13H8ClN3O2S/c14-8-3-1-2-7(6-8)9-11(18)16-10(17-12(9)19)13-15-4-5-20-13/h1-6H,(H2,16,17,18,19). The van der Waals surface area contributed by atoms with Gasteiger partial charge in [0, 0.05) is 16.6 Å². The summed E-state index contributed by atoms with van der Waals surface area (Å²) in [5, 5.41) is 12.8. The molecule has 0 saturated heterocycles. The summed E-state index contributed by atoms with van der Waals surface area (Å²) in [6.07, 6.45) is 1.60. The van der Waals surface area contributed by atoms with E-state index in [-0.39, 0.29) is 17.3 Å². The summed E-state index contributed by atoms with van der Waals surface area (Å²) in [7, 11) is 0. The van der Waals surface area contributed by atoms with E-state index in [1.54, 1.807) is 35.8 Å². The van der Waals surface area contributed by atoms with Gasteiger partial charge >= 0.3 is 0 Å². The largest absolute Gasteiger partial charge is 0.493 e. The second kappa shape index (κ2) is 5.07. The van der Waals surface area contributed by atoms with Crippen molar-refractivity contribution < 1.29 is 5.11 Å². The van der Waals surface area contributed by atoms with E-state index >= 15 is 0 Å². The van der Waals surface area contributed by atoms with Crippen LogP contribution in [0.2, 0.25) is 5.02 Å². The highest BCUT2D eigenvalue weighted by atomic mass is 35.5. The highest BCUT2D eigenvalue weighted by Crippen LogP contribution is 2.27. The molecule has 0 atom stereocenters. The lowest BCUT2D eigenvalue weighted by molar-refractivity contribution is 0.454. The minimum atomic E-state index is -0.440. The molecule has 3 aromatic rings. The van der Waals surface area contributed by atoms with Gasteiger partial charge in [-0.2, -0.15) is 4.98 Å². The maximum absolute atomic E-state index is 12.1. The molecule has 5 nitrogen and oxygen atoms in total. The number of nitrogens with zero attached hydrogens (tertiary/aromatic N) is 2. The summed E-state index contributed by atoms with van der Waals surface area (Å²) in [4.78, 5) is 22.8. The van der Waals surface area contributed by atoms with Gasteiger partial charge in [-0.25, -0.2) is 4.98 Å². The zero-order chi connectivity index (χ0) is 14.1. The third kappa shape index (κ3) is 2.31. The number of aromatic nitrogens is 3. The number of rotatable bonds is 2. The number of H-pyrrole nitrogens is 1. The second-order valence-electron chi connectivity index (χ2n) is 3.96. The lowest BCUT2D eigenvalue weighted by Gasteiger charge is -2.05. The van der Waals surface area contributed by atoms with Gasteiger partial charge < -0.3 is 10.1 Å². The molecule has 0 radical (unpaired) electrons. The van der Waals surface area contributed by atoms with Crippen LogP contribution in [0.25, 0.3) is 22.0 Å². The Bertz CT molecular complexity index is 815. The van der Waals surface area contributed by atoms with Gasteiger partial charge in [-0.15, -0.1) is 11.3 Å². The fourth-order valence-corrected chi connectivity index (χ4v) is 2.58. The number of benzene rings is 1. The van der Waals surface area contributed by atoms with Crippen LogP contribution in [0.3, 0.4) is 0 Å². The summed E-state index contributed by atoms with van der Waals surface area (Å²) in [6, 6.07) is 6.66. The van der Waals surface area contributed by atoms with E-state index in [0.717, 1.165) is 0 Å². The maximum Gasteiger partial charge on any atom is 0.263 e. The lowest BCUT2D eigenvalue weighted by atomic mass is 10.1. The normalized spacial score (nSPS) is 10.7. The molecule has 0 spiro atoms. The topological polar surface area (TPSA) is 78.9 Å². The summed E-state index contributed by atoms with van der Waals surface area (Å²) in [5.74, 6) is -0.102. The van der Waals surface area contributed by atoms with Crippen LogP contribution in [0.15, 0.2) is 40.6 Å². The first kappa shape index (κ1) is 12.8. The molecule has 7 heteroatoms. The van der Waals surface area contributed by atoms with Gasteiger partial charge in [-0.1, -0.05) is 23.7 Å². The molecular formula is C13H8ClN3O2S. The van der Waals surface area contributed by atoms with Crippen LogP contribution in [0, 0.1) is 0 Å². The number of aromatic amines is 1. The third-order valence-electron chi connectivity index (χ3n) is 2.65. The fourth-order valence-electron chi connectivity index (χ4n) is 1.81. The van der Waals surface area contributed by atoms with E-state index in [0.29, 0.717) is 15.6 Å². The molecule has 20 heavy (non-hydrogen) atoms. The molecule has 2 aromatic heterocycles. The Hall–Kier alpha value is -2.18. The maximum atomic E-state index is 12.1. The number of nitrogens with one attached hydrogen (secondary N) is 1. The monoisotopic (exact) mass is 305 g/mol. The minimum absolute atomic E-state index is 0.0906. The first-order valence-electron chi connectivity index (χ1n) is 5.64. The van der Waals surface area contributed by atoms with E-state index in [1.807, 2.05) is 0 Å². The first-order chi connectivity index (χ1) is 9.65. The van der Waals surface area contributed by atoms with Crippen molar-refractivity contribution in [2.75, 3.05) is 0 Å². The van der Waals surface area contributed by atoms with Crippen LogP contribution in [-0.4, -0.2) is 20.1 Å². The summed E-state index contributed by atoms with van der Waals surface area (Å²) >= 11 is 7.21. The quantitative estimate of drug-likeness (QED) is 0.763. The van der Waals surface area contributed by atoms with Gasteiger partial charge in [-0.3, -0.25) is 4.79 Å². The van der Waals surface area contributed by atoms with Gasteiger partial charge in [-0.05, 0) is 17.7 Å². The molecule has 3 rings (SSSR count). The van der Waals surface area contributed by atoms with Crippen LogP contribution in [-0.2, 0) is 0 Å². The van der Waals surface area contributed by atoms with Gasteiger partial charge in [0.25, 0.3) is 5.56 Å². The van der Waals surface area contributed by atoms with Gasteiger partial charge in [0.1, 0.15) is 5.56 Å². The Morgan fingerprint density at radius 2 is 2.20 bits per heavy atom. The molecule has 100 valence electrons. The molecule has 0 bridgehead atoms. The van der Waals surface area contributed by atoms with E-state index < -0.39 is 5.56 Å². The summed E-state index contributed by atoms with van der Waals surface area (Å²) in [5.41, 5.74) is 0.159. The minimum Gasteiger partial charge on any atom is -0.493 e. The molecule has 0 aliphatic heterocycles. The van der Waals surface area contributed by atoms with Crippen molar-refractivity contribution in [2.24, 2.45) is 0 Å². The van der Waals surface area contributed by atoms with Crippen molar-refractivity contribution in [1.29, 1.82) is 0 Å². The first-order valence-corrected chi connectivity index (χ1v) is 6.90. The van der Waals surface area contributed by atoms with Crippen molar-refractivity contribution in [3.63, 3.8) is 0 Å². The highest BCUT2D eigenvalue weighted by Gasteiger charge is 2.15. The van der Waals surface area contributed by atoms with Crippen LogP contribution in [0.5, 0.6) is 5.88 Å². The van der Waals surface area contributed by atoms with Crippen LogP contribution < -0.4 is 5.56 Å². The fraction of sp³-hybridized carbons (Fsp3) is 0. The molecule has 0 unspecified atom stereocenters. The SMILES string of the molecule is O=c1[nH]c(-c2nccs2)nc(O)c1-c1cccc(Cl)c1. The molecular weight excluding hydrogens is 298 g/mol. The van der Waals surface area contributed by atoms with Gasteiger partial charge in [0.2, 0.25) is 5.88 Å². The number of aromatic hydroxyl groups is 1. The molecule has 0 aliphatic carbocycles. The number of hydrogen-bond donors (Lipinski definition) is 2. The molecule has 2 heterocycles. The average molecular weight is 306 g/mol. The van der Waals surface area contributed by atoms with E-state index in [2.05, 4.69) is 15.0 Å². The van der Waals surface area contributed by atoms with Crippen molar-refractivity contribution in [3.05, 3.63) is 51.2 Å². The number of thiazole rings is 1. The Morgan fingerprint density at radius 3 is 2.85 bits per heavy atom. The zero-order valence-electron chi connectivity index (χ0n) is 10.0. The van der Waals surface area contributed by atoms with Gasteiger partial charge in [0.15, 0.2) is 10.8 Å². The molecule has 0 amide bonds. The van der Waals surface area contributed by atoms with E-state index in [4.69, 9.17) is 11.6 Å². The Kier molecular flexibility index (Phi) is 3.25. The van der Waals surface area contributed by atoms with Crippen molar-refractivity contribution in [2.45, 2.75) is 0 Å². The van der Waals surface area contributed by atoms with Crippen molar-refractivity contribution >= 4 is 22.9 Å². The third-order valence-corrected chi connectivity index (χ3v) is 3.66. The smallest absolute Gasteiger partial charge is 0.263 e. The second-order valence-corrected chi connectivity index (χ2v) is 5.29. The lowest BCUT2D eigenvalue weighted by Crippen LogP contribution is -2.12. The molecule has 0 aliphatic rings. The van der Waals surface area contributed by atoms with Gasteiger partial charge in [0.05, 0.1) is 0 Å². The zero-order valence-corrected chi connectivity index (χ0v) is 11.6. The average Bonchev–Trinajstić information content (AvgIpc) is 2.91. The van der Waals surface area contributed by atoms with Crippen molar-refractivity contribution in [3.8, 4) is 27.8 Å². The Labute approximate surface area is 122 Å². The van der Waals surface area contributed by atoms with Crippen LogP contribution in [0.4, 0.5) is 0 Å². The molecule has 0 saturated carbocycles. The highest BCUT2D eigenvalue weighted by molar-refractivity contribution is 7.12. The molecule has 1 aromatic carbocycles. The Morgan fingerprint density at radius 1 is 1.35 bits per heavy atom. The van der Waals surface area contributed by atoms with Crippen molar-refractivity contribution in [1.82, 2.24) is 15.0 Å². The molecule has 0 fully saturated rings. The summed E-state index contributed by atoms with van der Waals surface area (Å²) < 4.78 is 0. The van der Waals surface area contributed by atoms with Crippen LogP contribution in [0.1, 0.15) is 0 Å². The Balaban J connectivity index is 2.17. The molecule has 2 N–H and O–H groups in total. The van der Waals surface area contributed by atoms with E-state index in [9.17, 15) is 9.90 Å². The summed E-state index contributed by atoms with van der Waals surface area (Å²) in [6.45, 7) is 0. The predicted molar refractivity (Wildman–Crippen MR) is 78.1 cm³/mol. The number of hydrogen-bond acceptors (Lipinski definition) is 5. The van der Waals surface area contributed by atoms with E-state index in [1.165, 1.54) is 11.3 Å². The number of halogens is 1. The predicted octanol–water partition coefficient (Wildman–Crippen LogP) is 2.92. The van der Waals surface area contributed by atoms with Crippen LogP contribution >= 0.6 is 22.9 Å².